The van der Waals surface area contributed by atoms with Gasteiger partial charge in [0.1, 0.15) is 5.75 Å². The molecule has 0 spiro atoms. The first-order valence-corrected chi connectivity index (χ1v) is 8.10. The Kier molecular flexibility index (Phi) is 6.30. The van der Waals surface area contributed by atoms with E-state index >= 15 is 0 Å². The van der Waals surface area contributed by atoms with Gasteiger partial charge in [-0.2, -0.15) is 0 Å². The zero-order chi connectivity index (χ0) is 17.9. The molecule has 0 aliphatic heterocycles. The van der Waals surface area contributed by atoms with Crippen molar-refractivity contribution in [1.29, 1.82) is 0 Å². The molecule has 0 unspecified atom stereocenters. The summed E-state index contributed by atoms with van der Waals surface area (Å²) in [4.78, 5) is 0. The summed E-state index contributed by atoms with van der Waals surface area (Å²) in [5.74, 6) is 0.767. The van der Waals surface area contributed by atoms with Gasteiger partial charge in [0.25, 0.3) is 0 Å². The Bertz CT molecular complexity index is 513. The van der Waals surface area contributed by atoms with E-state index in [1.54, 1.807) is 21.0 Å². The van der Waals surface area contributed by atoms with Gasteiger partial charge in [0, 0.05) is 0 Å². The normalized spacial score (nSPS) is 13.1. The van der Waals surface area contributed by atoms with E-state index < -0.39 is 16.8 Å². The van der Waals surface area contributed by atoms with Gasteiger partial charge in [0.2, 0.25) is 0 Å². The van der Waals surface area contributed by atoms with Gasteiger partial charge >= 0.3 is 7.48 Å². The molecular weight excluding hydrogens is 291 g/mol. The van der Waals surface area contributed by atoms with Crippen LogP contribution in [0.3, 0.4) is 0 Å². The van der Waals surface area contributed by atoms with Crippen molar-refractivity contribution in [1.82, 2.24) is 0 Å². The Hall–Kier alpha value is -1.04. The van der Waals surface area contributed by atoms with Crippen molar-refractivity contribution >= 4 is 12.9 Å². The summed E-state index contributed by atoms with van der Waals surface area (Å²) in [5.41, 5.74) is -0.232. The molecule has 2 N–H and O–H groups in total. The lowest BCUT2D eigenvalue weighted by Crippen LogP contribution is -2.49. The third-order valence-corrected chi connectivity index (χ3v) is 4.43. The van der Waals surface area contributed by atoms with Gasteiger partial charge in [-0.3, -0.25) is 0 Å². The predicted molar refractivity (Wildman–Crippen MR) is 95.9 cm³/mol. The Morgan fingerprint density at radius 2 is 1.65 bits per heavy atom. The van der Waals surface area contributed by atoms with E-state index in [9.17, 15) is 10.2 Å². The summed E-state index contributed by atoms with van der Waals surface area (Å²) in [6.07, 6.45) is 1.48. The lowest BCUT2D eigenvalue weighted by molar-refractivity contribution is -0.0893. The molecule has 0 saturated heterocycles. The number of benzene rings is 1. The molecular formula is C18H31BO4. The molecule has 5 heteroatoms. The molecule has 0 aliphatic rings. The predicted octanol–water partition coefficient (Wildman–Crippen LogP) is 1.94. The van der Waals surface area contributed by atoms with Crippen molar-refractivity contribution in [2.75, 3.05) is 7.11 Å². The van der Waals surface area contributed by atoms with Crippen molar-refractivity contribution < 1.29 is 19.6 Å². The summed E-state index contributed by atoms with van der Waals surface area (Å²) in [7, 11) is 1.99. The van der Waals surface area contributed by atoms with Gasteiger partial charge in [0.15, 0.2) is 0 Å². The Labute approximate surface area is 141 Å². The monoisotopic (exact) mass is 322 g/mol. The smallest absolute Gasteiger partial charge is 0.313 e. The third kappa shape index (κ3) is 6.17. The third-order valence-electron chi connectivity index (χ3n) is 4.43. The van der Waals surface area contributed by atoms with Crippen LogP contribution < -0.4 is 10.2 Å². The zero-order valence-electron chi connectivity index (χ0n) is 15.6. The highest BCUT2D eigenvalue weighted by molar-refractivity contribution is 6.48. The number of hydrogen-bond acceptors (Lipinski definition) is 4. The van der Waals surface area contributed by atoms with Crippen molar-refractivity contribution in [3.8, 4) is 5.75 Å². The highest BCUT2D eigenvalue weighted by Crippen LogP contribution is 2.24. The minimum atomic E-state index is -0.946. The summed E-state index contributed by atoms with van der Waals surface area (Å²) >= 11 is 0. The summed E-state index contributed by atoms with van der Waals surface area (Å²) in [6.45, 7) is 10.8. The molecule has 0 radical (unpaired) electrons. The van der Waals surface area contributed by atoms with E-state index in [1.807, 2.05) is 45.9 Å². The van der Waals surface area contributed by atoms with Gasteiger partial charge in [-0.15, -0.1) is 0 Å². The highest BCUT2D eigenvalue weighted by atomic mass is 16.5. The van der Waals surface area contributed by atoms with Crippen LogP contribution in [-0.2, 0) is 11.1 Å². The SMILES string of the molecule is COc1ccc(CCC(C)(C)O)cc1BOC(C)(C)C(C)(C)O. The minimum absolute atomic E-state index is 0.358. The van der Waals surface area contributed by atoms with Gasteiger partial charge in [-0.1, -0.05) is 12.1 Å². The van der Waals surface area contributed by atoms with Crippen LogP contribution in [0.25, 0.3) is 0 Å². The average molecular weight is 322 g/mol. The molecule has 0 saturated carbocycles. The van der Waals surface area contributed by atoms with Crippen LogP contribution in [0, 0.1) is 0 Å². The van der Waals surface area contributed by atoms with Crippen LogP contribution in [0.15, 0.2) is 18.2 Å². The first kappa shape index (κ1) is 20.0. The van der Waals surface area contributed by atoms with Gasteiger partial charge in [-0.25, -0.2) is 0 Å². The average Bonchev–Trinajstić information content (AvgIpc) is 2.41. The zero-order valence-corrected chi connectivity index (χ0v) is 15.6. The molecule has 1 rings (SSSR count). The molecule has 0 amide bonds. The first-order valence-electron chi connectivity index (χ1n) is 8.10. The highest BCUT2D eigenvalue weighted by Gasteiger charge is 2.35. The number of aliphatic hydroxyl groups is 2. The molecule has 0 bridgehead atoms. The second-order valence-corrected chi connectivity index (χ2v) is 7.82. The number of methoxy groups -OCH3 is 1. The number of hydrogen-bond donors (Lipinski definition) is 2. The molecule has 0 aliphatic carbocycles. The summed E-state index contributed by atoms with van der Waals surface area (Å²) in [5, 5.41) is 20.1. The van der Waals surface area contributed by atoms with E-state index in [0.717, 1.165) is 23.2 Å². The van der Waals surface area contributed by atoms with Gasteiger partial charge in [-0.05, 0) is 71.5 Å². The lowest BCUT2D eigenvalue weighted by Gasteiger charge is -2.37. The Morgan fingerprint density at radius 3 is 2.13 bits per heavy atom. The van der Waals surface area contributed by atoms with Gasteiger partial charge in [0.05, 0.1) is 23.9 Å². The van der Waals surface area contributed by atoms with E-state index in [0.29, 0.717) is 13.9 Å². The topological polar surface area (TPSA) is 58.9 Å². The number of ether oxygens (including phenoxy) is 1. The van der Waals surface area contributed by atoms with Crippen molar-refractivity contribution in [2.45, 2.75) is 71.2 Å². The molecule has 0 atom stereocenters. The van der Waals surface area contributed by atoms with Crippen molar-refractivity contribution in [3.63, 3.8) is 0 Å². The Morgan fingerprint density at radius 1 is 1.04 bits per heavy atom. The Balaban J connectivity index is 2.88. The minimum Gasteiger partial charge on any atom is -0.497 e. The maximum atomic E-state index is 10.2. The molecule has 23 heavy (non-hydrogen) atoms. The fourth-order valence-corrected chi connectivity index (χ4v) is 1.99. The van der Waals surface area contributed by atoms with E-state index in [-0.39, 0.29) is 0 Å². The fourth-order valence-electron chi connectivity index (χ4n) is 1.99. The van der Waals surface area contributed by atoms with Crippen LogP contribution >= 0.6 is 0 Å². The molecule has 4 nitrogen and oxygen atoms in total. The second kappa shape index (κ2) is 7.24. The summed E-state index contributed by atoms with van der Waals surface area (Å²) in [6, 6.07) is 5.98. The van der Waals surface area contributed by atoms with Crippen molar-refractivity contribution in [2.24, 2.45) is 0 Å². The quantitative estimate of drug-likeness (QED) is 0.718. The van der Waals surface area contributed by atoms with Gasteiger partial charge < -0.3 is 19.6 Å². The standard InChI is InChI=1S/C18H31BO4/c1-16(2,20)11-10-13-8-9-15(22-7)14(12-13)19-23-18(5,6)17(3,4)21/h8-9,12,19-21H,10-11H2,1-7H3. The molecule has 0 heterocycles. The summed E-state index contributed by atoms with van der Waals surface area (Å²) < 4.78 is 11.3. The molecule has 1 aromatic rings. The maximum Gasteiger partial charge on any atom is 0.313 e. The van der Waals surface area contributed by atoms with E-state index in [4.69, 9.17) is 9.39 Å². The van der Waals surface area contributed by atoms with Crippen LogP contribution in [-0.4, -0.2) is 41.6 Å². The molecule has 130 valence electrons. The maximum absolute atomic E-state index is 10.2. The fraction of sp³-hybridized carbons (Fsp3) is 0.667. The number of aryl methyl sites for hydroxylation is 1. The van der Waals surface area contributed by atoms with Crippen LogP contribution in [0.2, 0.25) is 0 Å². The first-order chi connectivity index (χ1) is 10.4. The second-order valence-electron chi connectivity index (χ2n) is 7.82. The van der Waals surface area contributed by atoms with Crippen LogP contribution in [0.1, 0.15) is 53.5 Å². The molecule has 0 fully saturated rings. The van der Waals surface area contributed by atoms with Crippen molar-refractivity contribution in [3.05, 3.63) is 23.8 Å². The molecule has 1 aromatic carbocycles. The largest absolute Gasteiger partial charge is 0.497 e. The van der Waals surface area contributed by atoms with E-state index in [2.05, 4.69) is 0 Å². The molecule has 0 aromatic heterocycles. The lowest BCUT2D eigenvalue weighted by atomic mass is 9.81. The number of rotatable bonds is 8. The van der Waals surface area contributed by atoms with Crippen LogP contribution in [0.5, 0.6) is 5.75 Å². The van der Waals surface area contributed by atoms with E-state index in [1.165, 1.54) is 0 Å². The van der Waals surface area contributed by atoms with Crippen LogP contribution in [0.4, 0.5) is 0 Å².